The molecule has 2 N–H and O–H groups in total. The van der Waals surface area contributed by atoms with Gasteiger partial charge < -0.3 is 19.4 Å². The number of carbonyl (C=O) groups is 1. The molecule has 15 nitrogen and oxygen atoms in total. The number of benzene rings is 3. The minimum atomic E-state index is -4.66. The molecule has 0 saturated carbocycles. The van der Waals surface area contributed by atoms with Crippen molar-refractivity contribution in [3.8, 4) is 17.2 Å². The first-order valence-electron chi connectivity index (χ1n) is 22.5. The average Bonchev–Trinajstić information content (AvgIpc) is 3.95. The molecule has 2 fully saturated rings. The molecule has 348 valence electrons. The molecular formula is C48H54ClN7O8S2. The molecule has 2 saturated heterocycles. The second-order valence-electron chi connectivity index (χ2n) is 18.6. The van der Waals surface area contributed by atoms with Gasteiger partial charge in [0.15, 0.2) is 0 Å². The number of fused-ring (bicyclic) bond motifs is 2. The number of anilines is 1. The predicted octanol–water partition coefficient (Wildman–Crippen LogP) is 9.02. The van der Waals surface area contributed by atoms with E-state index in [2.05, 4.69) is 54.8 Å². The van der Waals surface area contributed by atoms with E-state index in [4.69, 9.17) is 21.1 Å². The summed E-state index contributed by atoms with van der Waals surface area (Å²) >= 11 is 6.25. The summed E-state index contributed by atoms with van der Waals surface area (Å²) in [7, 11) is -6.84. The SMILES string of the molecule is CC1(C)CCC(CN2CCN(c3ccc(C(=O)NS(=O)(=O)c4cc5c(c([N+](=O)[O-])c4)C[C@H](CCN=S4(=O)CCCC4)CO5)c(Oc4cnc5[nH]ccc5c4)c3)CC2)=C(c2ccc(Cl)cc2)C1. The van der Waals surface area contributed by atoms with Gasteiger partial charge in [-0.2, -0.15) is 0 Å². The molecule has 5 aromatic rings. The van der Waals surface area contributed by atoms with Gasteiger partial charge in [-0.25, -0.2) is 26.7 Å². The van der Waals surface area contributed by atoms with Crippen molar-refractivity contribution in [2.75, 3.05) is 62.3 Å². The van der Waals surface area contributed by atoms with Crippen LogP contribution in [0.1, 0.15) is 73.9 Å². The Hall–Kier alpha value is -5.49. The van der Waals surface area contributed by atoms with Crippen LogP contribution in [0.25, 0.3) is 16.6 Å². The fraction of sp³-hybridized carbons (Fsp3) is 0.417. The summed E-state index contributed by atoms with van der Waals surface area (Å²) in [4.78, 5) is 37.5. The second-order valence-corrected chi connectivity index (χ2v) is 23.3. The number of sulfonamides is 1. The number of amides is 1. The number of ether oxygens (including phenoxy) is 2. The van der Waals surface area contributed by atoms with Gasteiger partial charge in [-0.1, -0.05) is 43.2 Å². The zero-order valence-electron chi connectivity index (χ0n) is 37.1. The number of nitrogens with one attached hydrogen (secondary N) is 2. The Labute approximate surface area is 390 Å². The third-order valence-corrected chi connectivity index (χ3v) is 17.3. The number of halogens is 1. The largest absolute Gasteiger partial charge is 0.493 e. The van der Waals surface area contributed by atoms with Gasteiger partial charge in [0.05, 0.1) is 33.7 Å². The molecule has 9 rings (SSSR count). The van der Waals surface area contributed by atoms with Crippen LogP contribution in [0.3, 0.4) is 0 Å². The topological polar surface area (TPSA) is 189 Å². The van der Waals surface area contributed by atoms with Crippen LogP contribution in [0.2, 0.25) is 5.02 Å². The Morgan fingerprint density at radius 2 is 1.85 bits per heavy atom. The summed E-state index contributed by atoms with van der Waals surface area (Å²) in [5, 5.41) is 13.9. The molecule has 0 spiro atoms. The Kier molecular flexibility index (Phi) is 12.9. The molecule has 3 aromatic carbocycles. The molecule has 18 heteroatoms. The number of hydrogen-bond donors (Lipinski definition) is 2. The molecule has 3 aliphatic heterocycles. The normalized spacial score (nSPS) is 19.6. The summed E-state index contributed by atoms with van der Waals surface area (Å²) in [6, 6.07) is 19.0. The van der Waals surface area contributed by atoms with Gasteiger partial charge in [0.1, 0.15) is 22.9 Å². The third-order valence-electron chi connectivity index (χ3n) is 13.2. The maximum Gasteiger partial charge on any atom is 0.277 e. The number of nitro groups is 1. The lowest BCUT2D eigenvalue weighted by molar-refractivity contribution is -0.386. The van der Waals surface area contributed by atoms with Gasteiger partial charge in [0.25, 0.3) is 21.6 Å². The number of nitro benzene ring substituents is 1. The van der Waals surface area contributed by atoms with Gasteiger partial charge in [-0.3, -0.25) is 19.8 Å². The lowest BCUT2D eigenvalue weighted by Gasteiger charge is -2.39. The fourth-order valence-electron chi connectivity index (χ4n) is 9.50. The molecule has 5 heterocycles. The van der Waals surface area contributed by atoms with Gasteiger partial charge in [-0.05, 0) is 104 Å². The van der Waals surface area contributed by atoms with Crippen LogP contribution in [0.15, 0.2) is 94.0 Å². The van der Waals surface area contributed by atoms with Crippen molar-refractivity contribution in [2.45, 2.75) is 63.7 Å². The highest BCUT2D eigenvalue weighted by Gasteiger charge is 2.33. The van der Waals surface area contributed by atoms with Crippen LogP contribution in [0, 0.1) is 21.4 Å². The maximum atomic E-state index is 14.1. The molecular weight excluding hydrogens is 902 g/mol. The van der Waals surface area contributed by atoms with Crippen molar-refractivity contribution in [3.05, 3.63) is 117 Å². The highest BCUT2D eigenvalue weighted by Crippen LogP contribution is 2.44. The number of nitrogens with zero attached hydrogens (tertiary/aromatic N) is 5. The quantitative estimate of drug-likeness (QED) is 0.0846. The van der Waals surface area contributed by atoms with Gasteiger partial charge in [-0.15, -0.1) is 0 Å². The monoisotopic (exact) mass is 955 g/mol. The number of H-pyrrole nitrogens is 1. The molecule has 4 aliphatic rings. The highest BCUT2D eigenvalue weighted by molar-refractivity contribution is 7.93. The summed E-state index contributed by atoms with van der Waals surface area (Å²) in [6.07, 6.45) is 9.03. The third kappa shape index (κ3) is 10.2. The van der Waals surface area contributed by atoms with Crippen molar-refractivity contribution < 1.29 is 31.8 Å². The van der Waals surface area contributed by atoms with Crippen molar-refractivity contribution in [1.29, 1.82) is 0 Å². The van der Waals surface area contributed by atoms with E-state index < -0.39 is 41.2 Å². The number of allylic oxidation sites excluding steroid dienone is 1. The first-order valence-corrected chi connectivity index (χ1v) is 26.2. The molecule has 0 bridgehead atoms. The molecule has 1 amide bonds. The van der Waals surface area contributed by atoms with E-state index in [0.29, 0.717) is 49.0 Å². The van der Waals surface area contributed by atoms with E-state index in [0.717, 1.165) is 73.9 Å². The lowest BCUT2D eigenvalue weighted by atomic mass is 9.72. The van der Waals surface area contributed by atoms with E-state index >= 15 is 0 Å². The molecule has 1 atom stereocenters. The van der Waals surface area contributed by atoms with Crippen molar-refractivity contribution in [1.82, 2.24) is 19.6 Å². The Morgan fingerprint density at radius 3 is 2.61 bits per heavy atom. The maximum absolute atomic E-state index is 14.1. The highest BCUT2D eigenvalue weighted by atomic mass is 35.5. The minimum absolute atomic E-state index is 0.0618. The number of carbonyl (C=O) groups excluding carboxylic acids is 1. The number of pyridine rings is 1. The van der Waals surface area contributed by atoms with Gasteiger partial charge in [0, 0.05) is 101 Å². The summed E-state index contributed by atoms with van der Waals surface area (Å²) in [5.41, 5.74) is 5.53. The van der Waals surface area contributed by atoms with Crippen molar-refractivity contribution >= 4 is 65.2 Å². The Bertz CT molecular complexity index is 2940. The van der Waals surface area contributed by atoms with Crippen molar-refractivity contribution in [2.24, 2.45) is 15.7 Å². The second kappa shape index (κ2) is 18.7. The van der Waals surface area contributed by atoms with Crippen LogP contribution < -0.4 is 19.1 Å². The van der Waals surface area contributed by atoms with Gasteiger partial charge in [0.2, 0.25) is 0 Å². The zero-order chi connectivity index (χ0) is 46.2. The lowest BCUT2D eigenvalue weighted by Crippen LogP contribution is -2.47. The molecule has 0 unspecified atom stereocenters. The smallest absolute Gasteiger partial charge is 0.277 e. The standard InChI is InChI=1S/C48H54ClN7O8S2/c1-48(2)14-11-35(42(28-48)33-5-7-36(49)8-6-33)30-54-17-19-55(20-18-54)37-9-10-40(45(25-37)64-38-24-34-13-15-50-46(34)51-29-38)47(57)53-66(61,62)39-26-43(56(58)59)41-23-32(31-63-44(41)27-39)12-16-52-65(60)21-3-4-22-65/h5-10,13,15,24-27,29,32H,3-4,11-12,14,16-23,28,30-31H2,1-2H3,(H,50,51)(H,53,57)/t32-/m0/s1. The van der Waals surface area contributed by atoms with Crippen LogP contribution in [-0.4, -0.2) is 95.7 Å². The van der Waals surface area contributed by atoms with E-state index in [1.54, 1.807) is 24.4 Å². The number of hydrogen-bond acceptors (Lipinski definition) is 12. The number of piperazine rings is 1. The molecule has 0 radical (unpaired) electrons. The molecule has 2 aromatic heterocycles. The van der Waals surface area contributed by atoms with Crippen LogP contribution in [0.4, 0.5) is 11.4 Å². The van der Waals surface area contributed by atoms with E-state index in [1.165, 1.54) is 35.0 Å². The zero-order valence-corrected chi connectivity index (χ0v) is 39.5. The fourth-order valence-corrected chi connectivity index (χ4v) is 12.8. The first kappa shape index (κ1) is 45.7. The van der Waals surface area contributed by atoms with Gasteiger partial charge >= 0.3 is 0 Å². The van der Waals surface area contributed by atoms with E-state index in [1.807, 2.05) is 18.2 Å². The predicted molar refractivity (Wildman–Crippen MR) is 257 cm³/mol. The average molecular weight is 957 g/mol. The summed E-state index contributed by atoms with van der Waals surface area (Å²) < 4.78 is 59.5. The van der Waals surface area contributed by atoms with Crippen molar-refractivity contribution in [3.63, 3.8) is 0 Å². The Morgan fingerprint density at radius 1 is 1.08 bits per heavy atom. The number of rotatable bonds is 13. The van der Waals surface area contributed by atoms with Crippen LogP contribution in [0.5, 0.6) is 17.2 Å². The minimum Gasteiger partial charge on any atom is -0.493 e. The van der Waals surface area contributed by atoms with E-state index in [-0.39, 0.29) is 47.0 Å². The number of aromatic nitrogens is 2. The molecule has 66 heavy (non-hydrogen) atoms. The Balaban J connectivity index is 0.929. The molecule has 1 aliphatic carbocycles. The number of aromatic amines is 1. The summed E-state index contributed by atoms with van der Waals surface area (Å²) in [6.45, 7) is 9.11. The summed E-state index contributed by atoms with van der Waals surface area (Å²) in [5.74, 6) is 0.590. The van der Waals surface area contributed by atoms with Crippen LogP contribution in [-0.2, 0) is 26.2 Å². The van der Waals surface area contributed by atoms with Crippen LogP contribution >= 0.6 is 11.6 Å². The first-order chi connectivity index (χ1) is 31.6. The van der Waals surface area contributed by atoms with E-state index in [9.17, 15) is 27.5 Å².